The fraction of sp³-hybridized carbons (Fsp3) is 0.333. The summed E-state index contributed by atoms with van der Waals surface area (Å²) < 4.78 is 5.18. The van der Waals surface area contributed by atoms with E-state index >= 15 is 0 Å². The summed E-state index contributed by atoms with van der Waals surface area (Å²) in [6, 6.07) is 18.1. The van der Waals surface area contributed by atoms with Crippen LogP contribution in [0.5, 0.6) is 5.75 Å². The molecule has 0 heterocycles. The van der Waals surface area contributed by atoms with Gasteiger partial charge < -0.3 is 14.7 Å². The first kappa shape index (κ1) is 15.4. The summed E-state index contributed by atoms with van der Waals surface area (Å²) in [5, 5.41) is 9.87. The Morgan fingerprint density at radius 2 is 1.67 bits per heavy atom. The minimum atomic E-state index is -0.296. The van der Waals surface area contributed by atoms with Crippen molar-refractivity contribution in [1.82, 2.24) is 0 Å². The highest BCUT2D eigenvalue weighted by molar-refractivity contribution is 5.49. The van der Waals surface area contributed by atoms with Gasteiger partial charge in [0.15, 0.2) is 0 Å². The van der Waals surface area contributed by atoms with Gasteiger partial charge in [0.25, 0.3) is 0 Å². The average molecular weight is 285 g/mol. The lowest BCUT2D eigenvalue weighted by Crippen LogP contribution is -2.39. The molecule has 0 radical (unpaired) electrons. The second-order valence-electron chi connectivity index (χ2n) is 5.64. The topological polar surface area (TPSA) is 32.7 Å². The minimum Gasteiger partial charge on any atom is -0.497 e. The molecule has 1 unspecified atom stereocenters. The summed E-state index contributed by atoms with van der Waals surface area (Å²) in [6.45, 7) is 2.93. The van der Waals surface area contributed by atoms with E-state index in [1.165, 1.54) is 0 Å². The van der Waals surface area contributed by atoms with Crippen molar-refractivity contribution >= 4 is 5.69 Å². The van der Waals surface area contributed by atoms with Crippen LogP contribution in [0.25, 0.3) is 0 Å². The molecule has 0 saturated carbocycles. The Hall–Kier alpha value is -2.00. The van der Waals surface area contributed by atoms with E-state index in [0.29, 0.717) is 0 Å². The van der Waals surface area contributed by atoms with Crippen LogP contribution in [0.4, 0.5) is 5.69 Å². The van der Waals surface area contributed by atoms with Crippen LogP contribution in [0.1, 0.15) is 12.5 Å². The molecule has 0 aliphatic rings. The van der Waals surface area contributed by atoms with Crippen molar-refractivity contribution in [2.45, 2.75) is 12.3 Å². The molecule has 0 aromatic heterocycles. The molecule has 3 nitrogen and oxygen atoms in total. The van der Waals surface area contributed by atoms with Crippen LogP contribution in [-0.2, 0) is 5.41 Å². The predicted octanol–water partition coefficient (Wildman–Crippen LogP) is 3.08. The lowest BCUT2D eigenvalue weighted by atomic mass is 9.82. The molecule has 0 bridgehead atoms. The maximum Gasteiger partial charge on any atom is 0.119 e. The Balaban J connectivity index is 2.17. The number of hydrogen-bond donors (Lipinski definition) is 1. The largest absolute Gasteiger partial charge is 0.497 e. The van der Waals surface area contributed by atoms with Crippen LogP contribution in [0.2, 0.25) is 0 Å². The summed E-state index contributed by atoms with van der Waals surface area (Å²) in [5.74, 6) is 0.847. The number of nitrogens with zero attached hydrogens (tertiary/aromatic N) is 1. The van der Waals surface area contributed by atoms with Gasteiger partial charge in [-0.25, -0.2) is 0 Å². The number of rotatable bonds is 6. The molecule has 0 aliphatic carbocycles. The summed E-state index contributed by atoms with van der Waals surface area (Å²) in [4.78, 5) is 2.16. The molecule has 0 amide bonds. The molecule has 2 aromatic rings. The molecule has 0 saturated heterocycles. The van der Waals surface area contributed by atoms with Gasteiger partial charge in [0.2, 0.25) is 0 Å². The third-order valence-electron chi connectivity index (χ3n) is 3.92. The summed E-state index contributed by atoms with van der Waals surface area (Å²) in [5.41, 5.74) is 1.95. The molecule has 1 atom stereocenters. The zero-order valence-electron chi connectivity index (χ0n) is 12.9. The number of hydrogen-bond acceptors (Lipinski definition) is 3. The van der Waals surface area contributed by atoms with Crippen LogP contribution < -0.4 is 9.64 Å². The maximum absolute atomic E-state index is 9.87. The number of likely N-dealkylation sites (N-methyl/N-ethyl adjacent to an activating group) is 1. The second-order valence-corrected chi connectivity index (χ2v) is 5.64. The highest BCUT2D eigenvalue weighted by Crippen LogP contribution is 2.27. The molecule has 21 heavy (non-hydrogen) atoms. The molecule has 0 fully saturated rings. The maximum atomic E-state index is 9.87. The Bertz CT molecular complexity index is 553. The first-order valence-electron chi connectivity index (χ1n) is 7.10. The monoisotopic (exact) mass is 285 g/mol. The van der Waals surface area contributed by atoms with Gasteiger partial charge in [-0.1, -0.05) is 37.3 Å². The lowest BCUT2D eigenvalue weighted by Gasteiger charge is -2.34. The summed E-state index contributed by atoms with van der Waals surface area (Å²) in [6.07, 6.45) is 0. The Morgan fingerprint density at radius 1 is 1.05 bits per heavy atom. The normalized spacial score (nSPS) is 13.5. The third-order valence-corrected chi connectivity index (χ3v) is 3.92. The van der Waals surface area contributed by atoms with Crippen molar-refractivity contribution in [2.24, 2.45) is 0 Å². The molecule has 2 aromatic carbocycles. The van der Waals surface area contributed by atoms with Crippen molar-refractivity contribution < 1.29 is 9.84 Å². The van der Waals surface area contributed by atoms with E-state index < -0.39 is 0 Å². The van der Waals surface area contributed by atoms with E-state index in [4.69, 9.17) is 4.74 Å². The second kappa shape index (κ2) is 6.64. The first-order valence-corrected chi connectivity index (χ1v) is 7.10. The average Bonchev–Trinajstić information content (AvgIpc) is 2.55. The van der Waals surface area contributed by atoms with E-state index in [1.807, 2.05) is 49.5 Å². The first-order chi connectivity index (χ1) is 10.1. The number of aliphatic hydroxyl groups is 1. The summed E-state index contributed by atoms with van der Waals surface area (Å²) in [7, 11) is 3.70. The molecule has 3 heteroatoms. The minimum absolute atomic E-state index is 0.109. The smallest absolute Gasteiger partial charge is 0.119 e. The number of anilines is 1. The summed E-state index contributed by atoms with van der Waals surface area (Å²) >= 11 is 0. The van der Waals surface area contributed by atoms with Gasteiger partial charge in [0, 0.05) is 24.7 Å². The van der Waals surface area contributed by atoms with Crippen molar-refractivity contribution in [3.63, 3.8) is 0 Å². The number of ether oxygens (including phenoxy) is 1. The van der Waals surface area contributed by atoms with Crippen molar-refractivity contribution in [3.05, 3.63) is 60.2 Å². The Labute approximate surface area is 126 Å². The molecule has 2 rings (SSSR count). The van der Waals surface area contributed by atoms with Crippen molar-refractivity contribution in [2.75, 3.05) is 32.2 Å². The predicted molar refractivity (Wildman–Crippen MR) is 87.1 cm³/mol. The number of aliphatic hydroxyl groups excluding tert-OH is 1. The molecular weight excluding hydrogens is 262 g/mol. The molecule has 0 spiro atoms. The van der Waals surface area contributed by atoms with Gasteiger partial charge in [-0.2, -0.15) is 0 Å². The Kier molecular flexibility index (Phi) is 4.86. The van der Waals surface area contributed by atoms with E-state index in [-0.39, 0.29) is 12.0 Å². The van der Waals surface area contributed by atoms with Crippen molar-refractivity contribution in [1.29, 1.82) is 0 Å². The fourth-order valence-electron chi connectivity index (χ4n) is 2.52. The molecule has 112 valence electrons. The zero-order chi connectivity index (χ0) is 15.3. The highest BCUT2D eigenvalue weighted by Gasteiger charge is 2.27. The van der Waals surface area contributed by atoms with Crippen LogP contribution in [0.3, 0.4) is 0 Å². The fourth-order valence-corrected chi connectivity index (χ4v) is 2.52. The quantitative estimate of drug-likeness (QED) is 0.885. The lowest BCUT2D eigenvalue weighted by molar-refractivity contribution is 0.209. The third kappa shape index (κ3) is 3.56. The van der Waals surface area contributed by atoms with E-state index in [1.54, 1.807) is 7.11 Å². The highest BCUT2D eigenvalue weighted by atomic mass is 16.5. The van der Waals surface area contributed by atoms with Gasteiger partial charge >= 0.3 is 0 Å². The van der Waals surface area contributed by atoms with Gasteiger partial charge in [0.1, 0.15) is 5.75 Å². The molecular formula is C18H23NO2. The van der Waals surface area contributed by atoms with E-state index in [2.05, 4.69) is 24.0 Å². The SMILES string of the molecule is COc1ccc(N(C)CC(C)(CO)c2ccccc2)cc1. The zero-order valence-corrected chi connectivity index (χ0v) is 12.9. The number of methoxy groups -OCH3 is 1. The van der Waals surface area contributed by atoms with Crippen molar-refractivity contribution in [3.8, 4) is 5.75 Å². The molecule has 1 N–H and O–H groups in total. The van der Waals surface area contributed by atoms with Crippen LogP contribution >= 0.6 is 0 Å². The Morgan fingerprint density at radius 3 is 2.19 bits per heavy atom. The number of benzene rings is 2. The van der Waals surface area contributed by atoms with E-state index in [0.717, 1.165) is 23.5 Å². The van der Waals surface area contributed by atoms with Gasteiger partial charge in [-0.05, 0) is 29.8 Å². The van der Waals surface area contributed by atoms with Crippen LogP contribution in [0.15, 0.2) is 54.6 Å². The van der Waals surface area contributed by atoms with E-state index in [9.17, 15) is 5.11 Å². The van der Waals surface area contributed by atoms with Gasteiger partial charge in [0.05, 0.1) is 13.7 Å². The molecule has 0 aliphatic heterocycles. The van der Waals surface area contributed by atoms with Crippen LogP contribution in [-0.4, -0.2) is 32.4 Å². The van der Waals surface area contributed by atoms with Gasteiger partial charge in [-0.3, -0.25) is 0 Å². The van der Waals surface area contributed by atoms with Crippen LogP contribution in [0, 0.1) is 0 Å². The van der Waals surface area contributed by atoms with Gasteiger partial charge in [-0.15, -0.1) is 0 Å². The standard InChI is InChI=1S/C18H23NO2/c1-18(14-20,15-7-5-4-6-8-15)13-19(2)16-9-11-17(21-3)12-10-16/h4-12,20H,13-14H2,1-3H3.